The van der Waals surface area contributed by atoms with Crippen molar-refractivity contribution in [1.82, 2.24) is 4.90 Å². The van der Waals surface area contributed by atoms with E-state index in [0.29, 0.717) is 13.1 Å². The smallest absolute Gasteiger partial charge is 0.342 e. The Bertz CT molecular complexity index is 769. The van der Waals surface area contributed by atoms with E-state index in [9.17, 15) is 22.8 Å². The van der Waals surface area contributed by atoms with E-state index in [4.69, 9.17) is 4.74 Å². The van der Waals surface area contributed by atoms with E-state index in [1.54, 1.807) is 4.90 Å². The van der Waals surface area contributed by atoms with Gasteiger partial charge in [-0.05, 0) is 49.9 Å². The number of rotatable bonds is 2. The van der Waals surface area contributed by atoms with Gasteiger partial charge in [0.05, 0.1) is 12.1 Å². The fraction of sp³-hybridized carbons (Fsp3) is 0.579. The molecular weight excluding hydrogens is 361 g/mol. The molecule has 1 spiro atoms. The number of halogens is 3. The third kappa shape index (κ3) is 3.20. The molecule has 0 N–H and O–H groups in total. The van der Waals surface area contributed by atoms with Gasteiger partial charge in [-0.2, -0.15) is 8.78 Å². The lowest BCUT2D eigenvalue weighted by atomic mass is 9.88. The van der Waals surface area contributed by atoms with Crippen molar-refractivity contribution in [3.8, 4) is 0 Å². The molecular formula is C19H21F3N2O3. The maximum absolute atomic E-state index is 14.3. The van der Waals surface area contributed by atoms with E-state index in [1.165, 1.54) is 12.1 Å². The molecule has 0 bridgehead atoms. The van der Waals surface area contributed by atoms with Crippen molar-refractivity contribution in [2.24, 2.45) is 5.41 Å². The number of ether oxygens (including phenoxy) is 1. The van der Waals surface area contributed by atoms with Gasteiger partial charge in [-0.15, -0.1) is 0 Å². The molecule has 4 rings (SSSR count). The van der Waals surface area contributed by atoms with Gasteiger partial charge < -0.3 is 14.5 Å². The Morgan fingerprint density at radius 3 is 2.22 bits per heavy atom. The van der Waals surface area contributed by atoms with Gasteiger partial charge in [0.15, 0.2) is 0 Å². The summed E-state index contributed by atoms with van der Waals surface area (Å²) in [5.41, 5.74) is -1.34. The van der Waals surface area contributed by atoms with Crippen molar-refractivity contribution in [2.45, 2.75) is 44.3 Å². The normalized spacial score (nSPS) is 25.6. The van der Waals surface area contributed by atoms with Crippen LogP contribution in [0.4, 0.5) is 18.9 Å². The van der Waals surface area contributed by atoms with Crippen LogP contribution >= 0.6 is 0 Å². The van der Waals surface area contributed by atoms with Crippen LogP contribution < -0.4 is 4.90 Å². The summed E-state index contributed by atoms with van der Waals surface area (Å²) >= 11 is 0. The van der Waals surface area contributed by atoms with E-state index in [-0.39, 0.29) is 36.4 Å². The standard InChI is InChI=1S/C19H21F3N2O3/c1-17(6-7-17)15(25)23-10-8-18(9-11-23)12-24(16(26)19(21,22)27-18)14-4-2-13(20)3-5-14/h2-5H,6-12H2,1H3. The Labute approximate surface area is 155 Å². The lowest BCUT2D eigenvalue weighted by Crippen LogP contribution is -2.65. The number of carbonyl (C=O) groups is 2. The predicted octanol–water partition coefficient (Wildman–Crippen LogP) is 2.94. The van der Waals surface area contributed by atoms with Crippen molar-refractivity contribution < 1.29 is 27.5 Å². The minimum Gasteiger partial charge on any atom is -0.342 e. The molecule has 1 aromatic carbocycles. The van der Waals surface area contributed by atoms with Crippen molar-refractivity contribution in [1.29, 1.82) is 0 Å². The summed E-state index contributed by atoms with van der Waals surface area (Å²) in [4.78, 5) is 27.3. The van der Waals surface area contributed by atoms with Crippen LogP contribution in [0.1, 0.15) is 32.6 Å². The average molecular weight is 382 g/mol. The number of likely N-dealkylation sites (tertiary alicyclic amines) is 1. The number of hydrogen-bond donors (Lipinski definition) is 0. The fourth-order valence-electron chi connectivity index (χ4n) is 3.86. The van der Waals surface area contributed by atoms with E-state index in [2.05, 4.69) is 0 Å². The highest BCUT2D eigenvalue weighted by Gasteiger charge is 2.58. The predicted molar refractivity (Wildman–Crippen MR) is 90.7 cm³/mol. The Morgan fingerprint density at radius 2 is 1.67 bits per heavy atom. The lowest BCUT2D eigenvalue weighted by Gasteiger charge is -2.49. The summed E-state index contributed by atoms with van der Waals surface area (Å²) in [5.74, 6) is -1.91. The minimum atomic E-state index is -3.96. The number of carbonyl (C=O) groups excluding carboxylic acids is 2. The summed E-state index contributed by atoms with van der Waals surface area (Å²) in [5, 5.41) is 0. The molecule has 2 amide bonds. The van der Waals surface area contributed by atoms with E-state index in [0.717, 1.165) is 29.9 Å². The van der Waals surface area contributed by atoms with Crippen LogP contribution in [-0.4, -0.2) is 48.1 Å². The van der Waals surface area contributed by atoms with Crippen LogP contribution in [0.25, 0.3) is 0 Å². The second-order valence-corrected chi connectivity index (χ2v) is 8.02. The maximum atomic E-state index is 14.3. The molecule has 3 fully saturated rings. The van der Waals surface area contributed by atoms with Gasteiger partial charge >= 0.3 is 12.0 Å². The van der Waals surface area contributed by atoms with E-state index >= 15 is 0 Å². The van der Waals surface area contributed by atoms with Gasteiger partial charge in [0.25, 0.3) is 0 Å². The van der Waals surface area contributed by atoms with E-state index in [1.807, 2.05) is 6.92 Å². The number of anilines is 1. The van der Waals surface area contributed by atoms with Gasteiger partial charge in [-0.25, -0.2) is 4.39 Å². The van der Waals surface area contributed by atoms with Crippen molar-refractivity contribution in [3.63, 3.8) is 0 Å². The third-order valence-corrected chi connectivity index (χ3v) is 5.90. The number of hydrogen-bond acceptors (Lipinski definition) is 3. The number of benzene rings is 1. The topological polar surface area (TPSA) is 49.9 Å². The maximum Gasteiger partial charge on any atom is 0.437 e. The largest absolute Gasteiger partial charge is 0.437 e. The summed E-state index contributed by atoms with van der Waals surface area (Å²) in [6, 6.07) is 4.85. The number of nitrogens with zero attached hydrogens (tertiary/aromatic N) is 2. The van der Waals surface area contributed by atoms with Crippen LogP contribution in [0.15, 0.2) is 24.3 Å². The SMILES string of the molecule is CC1(C(=O)N2CCC3(CC2)CN(c2ccc(F)cc2)C(=O)C(F)(F)O3)CC1. The van der Waals surface area contributed by atoms with Gasteiger partial charge in [0.1, 0.15) is 5.82 Å². The molecule has 2 heterocycles. The monoisotopic (exact) mass is 382 g/mol. The molecule has 1 saturated carbocycles. The highest BCUT2D eigenvalue weighted by atomic mass is 19.3. The zero-order valence-corrected chi connectivity index (χ0v) is 15.0. The Hall–Kier alpha value is -2.09. The average Bonchev–Trinajstić information content (AvgIpc) is 3.38. The number of morpholine rings is 1. The number of piperidine rings is 1. The van der Waals surface area contributed by atoms with Crippen molar-refractivity contribution >= 4 is 17.5 Å². The summed E-state index contributed by atoms with van der Waals surface area (Å²) in [7, 11) is 0. The molecule has 2 saturated heterocycles. The van der Waals surface area contributed by atoms with E-state index < -0.39 is 23.4 Å². The summed E-state index contributed by atoms with van der Waals surface area (Å²) in [6.07, 6.45) is -1.81. The quantitative estimate of drug-likeness (QED) is 0.790. The third-order valence-electron chi connectivity index (χ3n) is 5.90. The lowest BCUT2D eigenvalue weighted by molar-refractivity contribution is -0.292. The van der Waals surface area contributed by atoms with Gasteiger partial charge in [-0.1, -0.05) is 6.92 Å². The van der Waals surface area contributed by atoms with Crippen LogP contribution in [0.5, 0.6) is 0 Å². The molecule has 0 aromatic heterocycles. The molecule has 0 atom stereocenters. The molecule has 8 heteroatoms. The van der Waals surface area contributed by atoms with Crippen LogP contribution in [0.3, 0.4) is 0 Å². The Balaban J connectivity index is 1.54. The van der Waals surface area contributed by atoms with Gasteiger partial charge in [0, 0.05) is 24.2 Å². The zero-order chi connectivity index (χ0) is 19.4. The first kappa shape index (κ1) is 18.3. The summed E-state index contributed by atoms with van der Waals surface area (Å²) in [6.45, 7) is 2.50. The van der Waals surface area contributed by atoms with Gasteiger partial charge in [-0.3, -0.25) is 9.59 Å². The molecule has 5 nitrogen and oxygen atoms in total. The molecule has 2 aliphatic heterocycles. The molecule has 27 heavy (non-hydrogen) atoms. The zero-order valence-electron chi connectivity index (χ0n) is 15.0. The number of alkyl halides is 2. The molecule has 1 aromatic rings. The van der Waals surface area contributed by atoms with Crippen molar-refractivity contribution in [2.75, 3.05) is 24.5 Å². The van der Waals surface area contributed by atoms with Crippen LogP contribution in [0, 0.1) is 11.2 Å². The molecule has 0 unspecified atom stereocenters. The highest BCUT2D eigenvalue weighted by molar-refractivity contribution is 5.98. The second kappa shape index (κ2) is 5.95. The first-order valence-electron chi connectivity index (χ1n) is 9.09. The first-order valence-corrected chi connectivity index (χ1v) is 9.09. The van der Waals surface area contributed by atoms with Crippen molar-refractivity contribution in [3.05, 3.63) is 30.1 Å². The molecule has 146 valence electrons. The minimum absolute atomic E-state index is 0.0493. The molecule has 3 aliphatic rings. The van der Waals surface area contributed by atoms with Gasteiger partial charge in [0.2, 0.25) is 5.91 Å². The highest BCUT2D eigenvalue weighted by Crippen LogP contribution is 2.48. The fourth-order valence-corrected chi connectivity index (χ4v) is 3.86. The Morgan fingerprint density at radius 1 is 1.07 bits per heavy atom. The van der Waals surface area contributed by atoms with Crippen LogP contribution in [-0.2, 0) is 14.3 Å². The first-order chi connectivity index (χ1) is 12.6. The Kier molecular flexibility index (Phi) is 4.03. The molecule has 1 aliphatic carbocycles. The second-order valence-electron chi connectivity index (χ2n) is 8.02. The summed E-state index contributed by atoms with van der Waals surface area (Å²) < 4.78 is 46.8. The number of amides is 2. The van der Waals surface area contributed by atoms with Crippen LogP contribution in [0.2, 0.25) is 0 Å². The molecule has 0 radical (unpaired) electrons.